The van der Waals surface area contributed by atoms with E-state index in [9.17, 15) is 9.59 Å². The van der Waals surface area contributed by atoms with Crippen LogP contribution in [0, 0.1) is 10.6 Å². The van der Waals surface area contributed by atoms with Crippen molar-refractivity contribution in [1.82, 2.24) is 14.8 Å². The predicted octanol–water partition coefficient (Wildman–Crippen LogP) is 1.70. The highest BCUT2D eigenvalue weighted by Crippen LogP contribution is 2.28. The van der Waals surface area contributed by atoms with Crippen molar-refractivity contribution in [2.75, 3.05) is 91.5 Å². The van der Waals surface area contributed by atoms with Gasteiger partial charge in [-0.2, -0.15) is 0 Å². The number of fused-ring (bicyclic) bond motifs is 1. The van der Waals surface area contributed by atoms with Crippen LogP contribution in [0.25, 0.3) is 10.9 Å². The minimum Gasteiger partial charge on any atom is -0.396 e. The summed E-state index contributed by atoms with van der Waals surface area (Å²) >= 11 is 0. The third-order valence-corrected chi connectivity index (χ3v) is 6.12. The van der Waals surface area contributed by atoms with Crippen LogP contribution >= 0.6 is 0 Å². The number of hydrogen-bond donors (Lipinski definition) is 3. The van der Waals surface area contributed by atoms with E-state index in [1.54, 1.807) is 4.57 Å². The van der Waals surface area contributed by atoms with Gasteiger partial charge in [0.15, 0.2) is 0 Å². The first-order chi connectivity index (χ1) is 18.9. The lowest BCUT2D eigenvalue weighted by molar-refractivity contribution is -0.122. The number of nitrogens with zero attached hydrogens (tertiary/aromatic N) is 2. The lowest BCUT2D eigenvalue weighted by Crippen LogP contribution is -2.28. The summed E-state index contributed by atoms with van der Waals surface area (Å²) in [5, 5.41) is 4.95. The van der Waals surface area contributed by atoms with Gasteiger partial charge in [-0.3, -0.25) is 14.2 Å². The Balaban J connectivity index is 1.27. The Morgan fingerprint density at radius 2 is 1.41 bits per heavy atom. The summed E-state index contributed by atoms with van der Waals surface area (Å²) in [5.74, 6) is -0.337. The molecule has 214 valence electrons. The molecule has 0 aromatic heterocycles. The van der Waals surface area contributed by atoms with Gasteiger partial charge in [0.2, 0.25) is 11.8 Å². The van der Waals surface area contributed by atoms with Crippen LogP contribution in [-0.2, 0) is 23.7 Å². The van der Waals surface area contributed by atoms with Gasteiger partial charge in [-0.25, -0.2) is 0 Å². The van der Waals surface area contributed by atoms with Gasteiger partial charge in [0.25, 0.3) is 0 Å². The Bertz CT molecular complexity index is 1260. The van der Waals surface area contributed by atoms with Crippen molar-refractivity contribution in [3.63, 3.8) is 0 Å². The van der Waals surface area contributed by atoms with E-state index in [0.29, 0.717) is 73.9 Å². The van der Waals surface area contributed by atoms with Crippen molar-refractivity contribution < 1.29 is 28.5 Å². The summed E-state index contributed by atoms with van der Waals surface area (Å²) in [6.07, 6.45) is 0.330. The van der Waals surface area contributed by atoms with E-state index < -0.39 is 0 Å². The second-order valence-corrected chi connectivity index (χ2v) is 9.31. The third kappa shape index (κ3) is 9.19. The molecule has 0 saturated carbocycles. The molecule has 0 bridgehead atoms. The number of nitrogen functional groups attached to an aromatic ring is 2. The number of ether oxygens (including phenoxy) is 4. The molecule has 3 rings (SSSR count). The molecule has 0 atom stereocenters. The van der Waals surface area contributed by atoms with Gasteiger partial charge in [-0.05, 0) is 32.3 Å². The number of amides is 1. The zero-order valence-corrected chi connectivity index (χ0v) is 22.9. The average Bonchev–Trinajstić information content (AvgIpc) is 2.95. The lowest BCUT2D eigenvalue weighted by atomic mass is 10.1. The maximum atomic E-state index is 13.2. The van der Waals surface area contributed by atoms with E-state index in [1.807, 2.05) is 50.5 Å². The summed E-state index contributed by atoms with van der Waals surface area (Å²) in [6.45, 7) is 4.95. The first kappa shape index (κ1) is 30.3. The van der Waals surface area contributed by atoms with Gasteiger partial charge in [0.05, 0.1) is 75.1 Å². The molecule has 5 N–H and O–H groups in total. The first-order valence-electron chi connectivity index (χ1n) is 13.2. The number of nitrogens with two attached hydrogens (primary N) is 2. The number of carbonyl (C=O) groups is 2. The number of rotatable bonds is 18. The van der Waals surface area contributed by atoms with Crippen molar-refractivity contribution >= 4 is 34.1 Å². The smallest absolute Gasteiger partial charge is 0.233 e. The third-order valence-electron chi connectivity index (χ3n) is 6.12. The fourth-order valence-electron chi connectivity index (χ4n) is 3.93. The minimum atomic E-state index is -0.181. The van der Waals surface area contributed by atoms with Gasteiger partial charge in [0.1, 0.15) is 0 Å². The van der Waals surface area contributed by atoms with Crippen molar-refractivity contribution in [2.24, 2.45) is 0 Å². The number of hydrogen-bond acceptors (Lipinski definition) is 9. The summed E-state index contributed by atoms with van der Waals surface area (Å²) in [5.41, 5.74) is 14.1. The number of carbonyl (C=O) groups excluding carboxylic acids is 2. The monoisotopic (exact) mass is 543 g/mol. The molecule has 0 fully saturated rings. The second-order valence-electron chi connectivity index (χ2n) is 9.31. The Hall–Kier alpha value is -3.22. The van der Waals surface area contributed by atoms with Crippen LogP contribution in [0.2, 0.25) is 0 Å². The SMILES string of the molecule is CN(C)CCOCCOCCOCCOCCC(=O)NCCC(=O)n1c2ccc=2c(N)c(N)c2ccccc21. The zero-order valence-electron chi connectivity index (χ0n) is 22.9. The van der Waals surface area contributed by atoms with Crippen LogP contribution in [0.5, 0.6) is 0 Å². The molecular formula is C28H41N5O6. The highest BCUT2D eigenvalue weighted by Gasteiger charge is 2.15. The Morgan fingerprint density at radius 1 is 0.795 bits per heavy atom. The van der Waals surface area contributed by atoms with E-state index in [2.05, 4.69) is 10.2 Å². The lowest BCUT2D eigenvalue weighted by Gasteiger charge is -2.11. The van der Waals surface area contributed by atoms with Crippen LogP contribution < -0.4 is 16.8 Å². The van der Waals surface area contributed by atoms with Crippen molar-refractivity contribution in [1.29, 1.82) is 0 Å². The van der Waals surface area contributed by atoms with E-state index in [-0.39, 0.29) is 37.8 Å². The summed E-state index contributed by atoms with van der Waals surface area (Å²) in [7, 11) is 4.01. The number of para-hydroxylation sites is 1. The number of benzene rings is 1. The topological polar surface area (TPSA) is 143 Å². The van der Waals surface area contributed by atoms with Crippen LogP contribution in [0.3, 0.4) is 0 Å². The maximum absolute atomic E-state index is 13.2. The summed E-state index contributed by atoms with van der Waals surface area (Å²) in [4.78, 5) is 27.4. The molecular weight excluding hydrogens is 502 g/mol. The van der Waals surface area contributed by atoms with E-state index in [0.717, 1.165) is 11.8 Å². The number of anilines is 2. The molecule has 2 aliphatic rings. The molecule has 1 aromatic rings. The quantitative estimate of drug-likeness (QED) is 0.204. The maximum Gasteiger partial charge on any atom is 0.233 e. The van der Waals surface area contributed by atoms with E-state index in [4.69, 9.17) is 30.4 Å². The van der Waals surface area contributed by atoms with Crippen LogP contribution in [0.4, 0.5) is 11.4 Å². The van der Waals surface area contributed by atoms with Gasteiger partial charge in [-0.15, -0.1) is 0 Å². The minimum absolute atomic E-state index is 0.128. The van der Waals surface area contributed by atoms with Crippen molar-refractivity contribution in [3.05, 3.63) is 47.0 Å². The molecule has 1 aliphatic heterocycles. The molecule has 39 heavy (non-hydrogen) atoms. The molecule has 11 heteroatoms. The molecule has 1 aliphatic carbocycles. The largest absolute Gasteiger partial charge is 0.396 e. The first-order valence-corrected chi connectivity index (χ1v) is 13.2. The normalized spacial score (nSPS) is 11.6. The van der Waals surface area contributed by atoms with Crippen molar-refractivity contribution in [2.45, 2.75) is 12.8 Å². The van der Waals surface area contributed by atoms with Crippen LogP contribution in [0.1, 0.15) is 17.6 Å². The summed E-state index contributed by atoms with van der Waals surface area (Å²) in [6, 6.07) is 11.1. The van der Waals surface area contributed by atoms with Gasteiger partial charge in [0, 0.05) is 36.5 Å². The molecule has 1 aromatic carbocycles. The fourth-order valence-corrected chi connectivity index (χ4v) is 3.93. The Kier molecular flexibility index (Phi) is 12.5. The molecule has 11 nitrogen and oxygen atoms in total. The van der Waals surface area contributed by atoms with E-state index in [1.165, 1.54) is 0 Å². The average molecular weight is 544 g/mol. The highest BCUT2D eigenvalue weighted by atomic mass is 16.6. The van der Waals surface area contributed by atoms with Crippen molar-refractivity contribution in [3.8, 4) is 0 Å². The molecule has 0 radical (unpaired) electrons. The summed E-state index contributed by atoms with van der Waals surface area (Å²) < 4.78 is 23.4. The number of aromatic nitrogens is 1. The van der Waals surface area contributed by atoms with Crippen LogP contribution in [-0.4, -0.2) is 101 Å². The highest BCUT2D eigenvalue weighted by molar-refractivity contribution is 6.00. The second kappa shape index (κ2) is 16.0. The van der Waals surface area contributed by atoms with Crippen LogP contribution in [0.15, 0.2) is 36.4 Å². The molecule has 0 unspecified atom stereocenters. The molecule has 1 amide bonds. The van der Waals surface area contributed by atoms with Gasteiger partial charge >= 0.3 is 0 Å². The zero-order chi connectivity index (χ0) is 28.0. The number of likely N-dealkylation sites (N-methyl/N-ethyl adjacent to an activating group) is 1. The Morgan fingerprint density at radius 3 is 2.03 bits per heavy atom. The van der Waals surface area contributed by atoms with Gasteiger partial charge < -0.3 is 40.6 Å². The Labute approximate surface area is 228 Å². The van der Waals surface area contributed by atoms with E-state index >= 15 is 0 Å². The van der Waals surface area contributed by atoms with Gasteiger partial charge in [-0.1, -0.05) is 18.2 Å². The molecule has 1 heterocycles. The molecule has 0 saturated heterocycles. The standard InChI is InChI=1S/C28H41N5O6/c1-32(2)12-14-37-16-18-39-20-19-38-17-15-36-13-10-25(34)31-11-9-26(35)33-23-6-4-3-5-21(23)27(29)28(30)22-7-8-24(22)33/h3-8H,9-20,29-30H2,1-2H3,(H,31,34). The fraction of sp³-hybridized carbons (Fsp3) is 0.500. The molecule has 0 spiro atoms. The predicted molar refractivity (Wildman–Crippen MR) is 151 cm³/mol. The number of nitrogens with one attached hydrogen (secondary N) is 1.